The Kier molecular flexibility index (Phi) is 6.02. The largest absolute Gasteiger partial charge is 0.497 e. The summed E-state index contributed by atoms with van der Waals surface area (Å²) in [5.41, 5.74) is 2.71. The van der Waals surface area contributed by atoms with Crippen LogP contribution < -0.4 is 14.2 Å². The summed E-state index contributed by atoms with van der Waals surface area (Å²) in [6.07, 6.45) is 3.39. The number of ether oxygens (including phenoxy) is 3. The number of fused-ring (bicyclic) bond motifs is 1. The number of hydrogen-bond acceptors (Lipinski definition) is 5. The summed E-state index contributed by atoms with van der Waals surface area (Å²) >= 11 is 3.49. The second-order valence-corrected chi connectivity index (χ2v) is 6.63. The normalized spacial score (nSPS) is 11.1. The van der Waals surface area contributed by atoms with Crippen LogP contribution in [0, 0.1) is 11.3 Å². The summed E-state index contributed by atoms with van der Waals surface area (Å²) < 4.78 is 17.0. The molecule has 1 heterocycles. The van der Waals surface area contributed by atoms with E-state index in [2.05, 4.69) is 38.5 Å². The SMILES string of the molecule is C=CCOc1c(Br)cc(/C=C(/C#N)c2nc3ccc(OC)cc3[nH]2)cc1OC. The van der Waals surface area contributed by atoms with Crippen LogP contribution >= 0.6 is 15.9 Å². The van der Waals surface area contributed by atoms with Crippen molar-refractivity contribution < 1.29 is 14.2 Å². The molecule has 3 rings (SSSR count). The fourth-order valence-electron chi connectivity index (χ4n) is 2.67. The number of methoxy groups -OCH3 is 2. The maximum atomic E-state index is 9.65. The summed E-state index contributed by atoms with van der Waals surface area (Å²) in [4.78, 5) is 7.66. The molecule has 1 N–H and O–H groups in total. The van der Waals surface area contributed by atoms with Crippen molar-refractivity contribution in [3.63, 3.8) is 0 Å². The summed E-state index contributed by atoms with van der Waals surface area (Å²) in [7, 11) is 3.17. The lowest BCUT2D eigenvalue weighted by atomic mass is 10.1. The number of rotatable bonds is 7. The number of aromatic amines is 1. The van der Waals surface area contributed by atoms with Crippen LogP contribution in [0.1, 0.15) is 11.4 Å². The average Bonchev–Trinajstić information content (AvgIpc) is 3.13. The number of halogens is 1. The topological polar surface area (TPSA) is 80.2 Å². The number of nitrogens with zero attached hydrogens (tertiary/aromatic N) is 2. The lowest BCUT2D eigenvalue weighted by Crippen LogP contribution is -1.98. The van der Waals surface area contributed by atoms with Gasteiger partial charge in [-0.25, -0.2) is 4.98 Å². The van der Waals surface area contributed by atoms with Crippen molar-refractivity contribution in [3.05, 3.63) is 58.8 Å². The minimum Gasteiger partial charge on any atom is -0.497 e. The molecule has 142 valence electrons. The molecule has 0 aliphatic carbocycles. The maximum Gasteiger partial charge on any atom is 0.175 e. The van der Waals surface area contributed by atoms with Gasteiger partial charge in [-0.15, -0.1) is 0 Å². The highest BCUT2D eigenvalue weighted by Crippen LogP contribution is 2.37. The highest BCUT2D eigenvalue weighted by Gasteiger charge is 2.13. The molecule has 0 aliphatic heterocycles. The molecule has 0 atom stereocenters. The Morgan fingerprint density at radius 3 is 2.79 bits per heavy atom. The van der Waals surface area contributed by atoms with Crippen LogP contribution in [-0.2, 0) is 0 Å². The Hall–Kier alpha value is -3.24. The van der Waals surface area contributed by atoms with Crippen molar-refractivity contribution in [2.75, 3.05) is 20.8 Å². The molecule has 0 aliphatic rings. The van der Waals surface area contributed by atoms with E-state index in [4.69, 9.17) is 14.2 Å². The van der Waals surface area contributed by atoms with Crippen molar-refractivity contribution in [1.29, 1.82) is 5.26 Å². The van der Waals surface area contributed by atoms with Gasteiger partial charge in [-0.1, -0.05) is 12.7 Å². The number of imidazole rings is 1. The molecule has 0 bridgehead atoms. The molecule has 0 fully saturated rings. The van der Waals surface area contributed by atoms with Gasteiger partial charge in [0.2, 0.25) is 0 Å². The highest BCUT2D eigenvalue weighted by molar-refractivity contribution is 9.10. The van der Waals surface area contributed by atoms with Gasteiger partial charge in [0.25, 0.3) is 0 Å². The zero-order valence-corrected chi connectivity index (χ0v) is 17.0. The van der Waals surface area contributed by atoms with Crippen molar-refractivity contribution in [2.45, 2.75) is 0 Å². The first-order valence-electron chi connectivity index (χ1n) is 8.36. The molecule has 0 radical (unpaired) electrons. The van der Waals surface area contributed by atoms with Gasteiger partial charge < -0.3 is 19.2 Å². The van der Waals surface area contributed by atoms with E-state index < -0.39 is 0 Å². The van der Waals surface area contributed by atoms with Gasteiger partial charge in [-0.05, 0) is 51.8 Å². The van der Waals surface area contributed by atoms with Crippen LogP contribution in [0.3, 0.4) is 0 Å². The van der Waals surface area contributed by atoms with Crippen molar-refractivity contribution in [1.82, 2.24) is 9.97 Å². The van der Waals surface area contributed by atoms with Crippen LogP contribution in [0.4, 0.5) is 0 Å². The Balaban J connectivity index is 2.02. The monoisotopic (exact) mass is 439 g/mol. The maximum absolute atomic E-state index is 9.65. The second kappa shape index (κ2) is 8.63. The third kappa shape index (κ3) is 4.02. The molecule has 1 aromatic heterocycles. The number of benzene rings is 2. The van der Waals surface area contributed by atoms with Gasteiger partial charge in [0.1, 0.15) is 24.3 Å². The molecule has 2 aromatic carbocycles. The number of allylic oxidation sites excluding steroid dienone is 1. The predicted octanol–water partition coefficient (Wildman–Crippen LogP) is 4.97. The minimum absolute atomic E-state index is 0.357. The Bertz CT molecular complexity index is 1100. The zero-order chi connectivity index (χ0) is 20.1. The van der Waals surface area contributed by atoms with Gasteiger partial charge >= 0.3 is 0 Å². The summed E-state index contributed by atoms with van der Waals surface area (Å²) in [5, 5.41) is 9.65. The zero-order valence-electron chi connectivity index (χ0n) is 15.5. The summed E-state index contributed by atoms with van der Waals surface area (Å²) in [6.45, 7) is 4.00. The summed E-state index contributed by atoms with van der Waals surface area (Å²) in [6, 6.07) is 11.4. The Morgan fingerprint density at radius 1 is 1.29 bits per heavy atom. The number of hydrogen-bond donors (Lipinski definition) is 1. The molecule has 0 saturated heterocycles. The minimum atomic E-state index is 0.357. The Labute approximate surface area is 171 Å². The van der Waals surface area contributed by atoms with E-state index in [9.17, 15) is 5.26 Å². The van der Waals surface area contributed by atoms with E-state index in [1.54, 1.807) is 32.4 Å². The van der Waals surface area contributed by atoms with Crippen molar-refractivity contribution >= 4 is 38.6 Å². The average molecular weight is 440 g/mol. The van der Waals surface area contributed by atoms with Crippen molar-refractivity contribution in [3.8, 4) is 23.3 Å². The fraction of sp³-hybridized carbons (Fsp3) is 0.143. The molecule has 0 saturated carbocycles. The molecule has 28 heavy (non-hydrogen) atoms. The third-order valence-corrected chi connectivity index (χ3v) is 4.56. The van der Waals surface area contributed by atoms with Gasteiger partial charge in [0, 0.05) is 6.07 Å². The van der Waals surface area contributed by atoms with Crippen LogP contribution in [0.15, 0.2) is 47.5 Å². The molecular weight excluding hydrogens is 422 g/mol. The van der Waals surface area contributed by atoms with Crippen LogP contribution in [0.2, 0.25) is 0 Å². The first kappa shape index (κ1) is 19.5. The van der Waals surface area contributed by atoms with Crippen LogP contribution in [0.5, 0.6) is 17.2 Å². The molecule has 0 amide bonds. The smallest absolute Gasteiger partial charge is 0.175 e. The number of aromatic nitrogens is 2. The number of H-pyrrole nitrogens is 1. The third-order valence-electron chi connectivity index (χ3n) is 3.97. The van der Waals surface area contributed by atoms with E-state index in [0.717, 1.165) is 16.6 Å². The number of nitrogens with one attached hydrogen (secondary N) is 1. The van der Waals surface area contributed by atoms with E-state index in [1.165, 1.54) is 0 Å². The van der Waals surface area contributed by atoms with Gasteiger partial charge in [-0.3, -0.25) is 0 Å². The standard InChI is InChI=1S/C21H18BrN3O3/c1-4-7-28-20-16(22)9-13(10-19(20)27-3)8-14(12-23)21-24-17-6-5-15(26-2)11-18(17)25-21/h4-6,8-11H,1,7H2,2-3H3,(H,24,25)/b14-8-. The fourth-order valence-corrected chi connectivity index (χ4v) is 3.24. The van der Waals surface area contributed by atoms with Gasteiger partial charge in [-0.2, -0.15) is 5.26 Å². The first-order valence-corrected chi connectivity index (χ1v) is 9.16. The first-order chi connectivity index (χ1) is 13.6. The Morgan fingerprint density at radius 2 is 2.11 bits per heavy atom. The van der Waals surface area contributed by atoms with E-state index in [-0.39, 0.29) is 0 Å². The molecular formula is C21H18BrN3O3. The lowest BCUT2D eigenvalue weighted by molar-refractivity contribution is 0.324. The van der Waals surface area contributed by atoms with E-state index in [0.29, 0.717) is 39.7 Å². The lowest BCUT2D eigenvalue weighted by Gasteiger charge is -2.12. The van der Waals surface area contributed by atoms with E-state index >= 15 is 0 Å². The van der Waals surface area contributed by atoms with Crippen LogP contribution in [0.25, 0.3) is 22.7 Å². The molecule has 3 aromatic rings. The molecule has 0 unspecified atom stereocenters. The van der Waals surface area contributed by atoms with Crippen molar-refractivity contribution in [2.24, 2.45) is 0 Å². The molecule has 0 spiro atoms. The molecule has 6 nitrogen and oxygen atoms in total. The molecule has 7 heteroatoms. The van der Waals surface area contributed by atoms with Crippen LogP contribution in [-0.4, -0.2) is 30.8 Å². The van der Waals surface area contributed by atoms with E-state index in [1.807, 2.05) is 24.3 Å². The van der Waals surface area contributed by atoms with Gasteiger partial charge in [0.15, 0.2) is 11.5 Å². The quantitative estimate of drug-likeness (QED) is 0.415. The number of nitriles is 1. The summed E-state index contributed by atoms with van der Waals surface area (Å²) in [5.74, 6) is 2.32. The highest BCUT2D eigenvalue weighted by atomic mass is 79.9. The van der Waals surface area contributed by atoms with Gasteiger partial charge in [0.05, 0.1) is 35.3 Å². The predicted molar refractivity (Wildman–Crippen MR) is 113 cm³/mol. The second-order valence-electron chi connectivity index (χ2n) is 5.77.